The summed E-state index contributed by atoms with van der Waals surface area (Å²) in [4.78, 5) is 2.26. The van der Waals surface area contributed by atoms with Crippen molar-refractivity contribution < 1.29 is 4.39 Å². The molecule has 0 unspecified atom stereocenters. The Kier molecular flexibility index (Phi) is 5.90. The fraction of sp³-hybridized carbons (Fsp3) is 0.333. The van der Waals surface area contributed by atoms with Crippen LogP contribution in [0.15, 0.2) is 48.5 Å². The molecule has 0 atom stereocenters. The Morgan fingerprint density at radius 3 is 2.52 bits per heavy atom. The molecule has 0 heterocycles. The molecule has 0 saturated heterocycles. The van der Waals surface area contributed by atoms with Gasteiger partial charge < -0.3 is 10.6 Å². The number of hydrogen-bond acceptors (Lipinski definition) is 2. The van der Waals surface area contributed by atoms with Gasteiger partial charge in [-0.15, -0.1) is 0 Å². The SMILES string of the molecule is CN(CCCc1ccccc1)Cc1ccc(F)cc1CN. The molecule has 2 N–H and O–H groups in total. The molecule has 0 saturated carbocycles. The van der Waals surface area contributed by atoms with E-state index < -0.39 is 0 Å². The lowest BCUT2D eigenvalue weighted by Gasteiger charge is -2.18. The number of nitrogens with two attached hydrogens (primary N) is 1. The summed E-state index contributed by atoms with van der Waals surface area (Å²) in [6, 6.07) is 15.4. The summed E-state index contributed by atoms with van der Waals surface area (Å²) >= 11 is 0. The van der Waals surface area contributed by atoms with Gasteiger partial charge in [0, 0.05) is 13.1 Å². The standard InChI is InChI=1S/C18H23FN2/c1-21(11-5-8-15-6-3-2-4-7-15)14-16-9-10-18(19)12-17(16)13-20/h2-4,6-7,9-10,12H,5,8,11,13-14,20H2,1H3. The van der Waals surface area contributed by atoms with E-state index in [1.54, 1.807) is 0 Å². The molecule has 0 fully saturated rings. The molecule has 2 nitrogen and oxygen atoms in total. The van der Waals surface area contributed by atoms with Crippen molar-refractivity contribution in [3.63, 3.8) is 0 Å². The van der Waals surface area contributed by atoms with Crippen molar-refractivity contribution in [3.05, 3.63) is 71.0 Å². The van der Waals surface area contributed by atoms with Crippen molar-refractivity contribution in [2.75, 3.05) is 13.6 Å². The Morgan fingerprint density at radius 2 is 1.81 bits per heavy atom. The number of aryl methyl sites for hydroxylation is 1. The van der Waals surface area contributed by atoms with Gasteiger partial charge in [-0.05, 0) is 55.3 Å². The van der Waals surface area contributed by atoms with E-state index in [1.807, 2.05) is 12.1 Å². The first kappa shape index (κ1) is 15.7. The lowest BCUT2D eigenvalue weighted by molar-refractivity contribution is 0.321. The molecule has 21 heavy (non-hydrogen) atoms. The highest BCUT2D eigenvalue weighted by atomic mass is 19.1. The maximum atomic E-state index is 13.2. The van der Waals surface area contributed by atoms with Crippen LogP contribution in [0.2, 0.25) is 0 Å². The highest BCUT2D eigenvalue weighted by Crippen LogP contribution is 2.13. The van der Waals surface area contributed by atoms with Crippen LogP contribution < -0.4 is 5.73 Å². The van der Waals surface area contributed by atoms with E-state index in [9.17, 15) is 4.39 Å². The summed E-state index contributed by atoms with van der Waals surface area (Å²) < 4.78 is 13.2. The summed E-state index contributed by atoms with van der Waals surface area (Å²) in [6.07, 6.45) is 2.19. The third-order valence-electron chi connectivity index (χ3n) is 3.68. The summed E-state index contributed by atoms with van der Waals surface area (Å²) in [5, 5.41) is 0. The second kappa shape index (κ2) is 7.91. The van der Waals surface area contributed by atoms with Crippen molar-refractivity contribution in [2.45, 2.75) is 25.9 Å². The van der Waals surface area contributed by atoms with Crippen molar-refractivity contribution in [2.24, 2.45) is 5.73 Å². The Hall–Kier alpha value is -1.71. The van der Waals surface area contributed by atoms with Gasteiger partial charge in [-0.2, -0.15) is 0 Å². The third kappa shape index (κ3) is 4.96. The van der Waals surface area contributed by atoms with Crippen LogP contribution in [-0.4, -0.2) is 18.5 Å². The lowest BCUT2D eigenvalue weighted by Crippen LogP contribution is -2.21. The van der Waals surface area contributed by atoms with Gasteiger partial charge in [0.15, 0.2) is 0 Å². The van der Waals surface area contributed by atoms with Gasteiger partial charge in [0.25, 0.3) is 0 Å². The van der Waals surface area contributed by atoms with Crippen LogP contribution >= 0.6 is 0 Å². The van der Waals surface area contributed by atoms with Crippen LogP contribution in [-0.2, 0) is 19.5 Å². The van der Waals surface area contributed by atoms with Crippen LogP contribution in [0.3, 0.4) is 0 Å². The molecule has 2 rings (SSSR count). The minimum absolute atomic E-state index is 0.217. The van der Waals surface area contributed by atoms with Gasteiger partial charge in [0.1, 0.15) is 5.82 Å². The second-order valence-corrected chi connectivity index (χ2v) is 5.44. The minimum Gasteiger partial charge on any atom is -0.326 e. The molecule has 0 radical (unpaired) electrons. The summed E-state index contributed by atoms with van der Waals surface area (Å²) in [7, 11) is 2.09. The molecule has 0 amide bonds. The predicted octanol–water partition coefficient (Wildman–Crippen LogP) is 3.35. The Balaban J connectivity index is 1.83. The van der Waals surface area contributed by atoms with E-state index in [0.717, 1.165) is 37.1 Å². The van der Waals surface area contributed by atoms with E-state index in [0.29, 0.717) is 6.54 Å². The van der Waals surface area contributed by atoms with Crippen LogP contribution in [0.1, 0.15) is 23.1 Å². The molecule has 3 heteroatoms. The number of rotatable bonds is 7. The zero-order valence-corrected chi connectivity index (χ0v) is 12.6. The molecule has 0 aromatic heterocycles. The number of nitrogens with zero attached hydrogens (tertiary/aromatic N) is 1. The van der Waals surface area contributed by atoms with Gasteiger partial charge in [0.2, 0.25) is 0 Å². The molecule has 0 bridgehead atoms. The maximum absolute atomic E-state index is 13.2. The van der Waals surface area contributed by atoms with Gasteiger partial charge in [-0.1, -0.05) is 36.4 Å². The average molecular weight is 286 g/mol. The topological polar surface area (TPSA) is 29.3 Å². The molecule has 2 aromatic rings. The first-order valence-electron chi connectivity index (χ1n) is 7.39. The molecule has 0 aliphatic rings. The number of benzene rings is 2. The van der Waals surface area contributed by atoms with Crippen molar-refractivity contribution in [1.82, 2.24) is 4.90 Å². The largest absolute Gasteiger partial charge is 0.326 e. The molecule has 112 valence electrons. The molecule has 2 aromatic carbocycles. The van der Waals surface area contributed by atoms with E-state index in [2.05, 4.69) is 36.2 Å². The van der Waals surface area contributed by atoms with Crippen molar-refractivity contribution >= 4 is 0 Å². The number of halogens is 1. The van der Waals surface area contributed by atoms with Crippen LogP contribution in [0.5, 0.6) is 0 Å². The Labute approximate surface area is 126 Å². The smallest absolute Gasteiger partial charge is 0.123 e. The second-order valence-electron chi connectivity index (χ2n) is 5.44. The zero-order valence-electron chi connectivity index (χ0n) is 12.6. The fourth-order valence-corrected chi connectivity index (χ4v) is 2.51. The highest BCUT2D eigenvalue weighted by molar-refractivity contribution is 5.27. The quantitative estimate of drug-likeness (QED) is 0.846. The van der Waals surface area contributed by atoms with E-state index in [4.69, 9.17) is 5.73 Å². The van der Waals surface area contributed by atoms with Crippen molar-refractivity contribution in [3.8, 4) is 0 Å². The van der Waals surface area contributed by atoms with Crippen LogP contribution in [0.25, 0.3) is 0 Å². The van der Waals surface area contributed by atoms with Crippen LogP contribution in [0, 0.1) is 5.82 Å². The van der Waals surface area contributed by atoms with E-state index in [1.165, 1.54) is 17.7 Å². The summed E-state index contributed by atoms with van der Waals surface area (Å²) in [6.45, 7) is 2.20. The van der Waals surface area contributed by atoms with Gasteiger partial charge >= 0.3 is 0 Å². The minimum atomic E-state index is -0.217. The third-order valence-corrected chi connectivity index (χ3v) is 3.68. The first-order chi connectivity index (χ1) is 10.2. The highest BCUT2D eigenvalue weighted by Gasteiger charge is 2.06. The monoisotopic (exact) mass is 286 g/mol. The molecular weight excluding hydrogens is 263 g/mol. The molecular formula is C18H23FN2. The summed E-state index contributed by atoms with van der Waals surface area (Å²) in [5.41, 5.74) is 9.06. The molecule has 0 aliphatic carbocycles. The lowest BCUT2D eigenvalue weighted by atomic mass is 10.1. The molecule has 0 spiro atoms. The van der Waals surface area contributed by atoms with Gasteiger partial charge in [-0.3, -0.25) is 0 Å². The van der Waals surface area contributed by atoms with Crippen LogP contribution in [0.4, 0.5) is 4.39 Å². The Bertz CT molecular complexity index is 554. The first-order valence-corrected chi connectivity index (χ1v) is 7.39. The van der Waals surface area contributed by atoms with Crippen molar-refractivity contribution in [1.29, 1.82) is 0 Å². The normalized spacial score (nSPS) is 11.0. The average Bonchev–Trinajstić information content (AvgIpc) is 2.50. The van der Waals surface area contributed by atoms with E-state index >= 15 is 0 Å². The zero-order chi connectivity index (χ0) is 15.1. The number of hydrogen-bond donors (Lipinski definition) is 1. The fourth-order valence-electron chi connectivity index (χ4n) is 2.51. The Morgan fingerprint density at radius 1 is 1.05 bits per heavy atom. The summed E-state index contributed by atoms with van der Waals surface area (Å²) in [5.74, 6) is -0.217. The van der Waals surface area contributed by atoms with Gasteiger partial charge in [-0.25, -0.2) is 4.39 Å². The van der Waals surface area contributed by atoms with Gasteiger partial charge in [0.05, 0.1) is 0 Å². The van der Waals surface area contributed by atoms with E-state index in [-0.39, 0.29) is 5.82 Å². The predicted molar refractivity (Wildman–Crippen MR) is 85.4 cm³/mol. The maximum Gasteiger partial charge on any atom is 0.123 e. The molecule has 0 aliphatic heterocycles.